The van der Waals surface area contributed by atoms with Crippen molar-refractivity contribution in [1.82, 2.24) is 9.97 Å². The van der Waals surface area contributed by atoms with E-state index in [2.05, 4.69) is 32.0 Å². The number of pyridine rings is 2. The molecule has 2 aromatic rings. The molecule has 2 aromatic heterocycles. The quantitative estimate of drug-likeness (QED) is 0.727. The normalized spacial score (nSPS) is 10.3. The van der Waals surface area contributed by atoms with E-state index in [1.54, 1.807) is 19.3 Å². The molecule has 2 rings (SSSR count). The highest BCUT2D eigenvalue weighted by Gasteiger charge is 2.15. The SMILES string of the molecule is CCOC(=O)CCc1cnc(C#N)c(-c2ncc(Br)c(C)c2C)c1. The van der Waals surface area contributed by atoms with Crippen molar-refractivity contribution in [3.05, 3.63) is 45.3 Å². The third-order valence-electron chi connectivity index (χ3n) is 3.81. The van der Waals surface area contributed by atoms with Crippen LogP contribution in [0.15, 0.2) is 22.9 Å². The Kier molecular flexibility index (Phi) is 6.04. The van der Waals surface area contributed by atoms with Crippen molar-refractivity contribution in [2.24, 2.45) is 0 Å². The van der Waals surface area contributed by atoms with Crippen LogP contribution in [0.3, 0.4) is 0 Å². The number of hydrogen-bond donors (Lipinski definition) is 0. The second-order valence-corrected chi connectivity index (χ2v) is 6.22. The predicted octanol–water partition coefficient (Wildman–Crippen LogP) is 3.89. The predicted molar refractivity (Wildman–Crippen MR) is 94.3 cm³/mol. The maximum Gasteiger partial charge on any atom is 0.306 e. The molecule has 0 bridgehead atoms. The molecule has 0 N–H and O–H groups in total. The third-order valence-corrected chi connectivity index (χ3v) is 4.61. The zero-order chi connectivity index (χ0) is 17.7. The first kappa shape index (κ1) is 18.1. The second kappa shape index (κ2) is 8.02. The monoisotopic (exact) mass is 387 g/mol. The van der Waals surface area contributed by atoms with Gasteiger partial charge in [0.2, 0.25) is 0 Å². The molecule has 0 radical (unpaired) electrons. The number of aryl methyl sites for hydroxylation is 1. The lowest BCUT2D eigenvalue weighted by Gasteiger charge is -2.11. The van der Waals surface area contributed by atoms with E-state index in [9.17, 15) is 10.1 Å². The Morgan fingerprint density at radius 2 is 2.04 bits per heavy atom. The number of carbonyl (C=O) groups is 1. The summed E-state index contributed by atoms with van der Waals surface area (Å²) < 4.78 is 5.87. The van der Waals surface area contributed by atoms with E-state index in [1.165, 1.54) is 0 Å². The van der Waals surface area contributed by atoms with Crippen LogP contribution in [-0.4, -0.2) is 22.5 Å². The van der Waals surface area contributed by atoms with Gasteiger partial charge in [0.1, 0.15) is 11.8 Å². The minimum Gasteiger partial charge on any atom is -0.466 e. The van der Waals surface area contributed by atoms with Gasteiger partial charge in [-0.05, 0) is 65.9 Å². The van der Waals surface area contributed by atoms with Crippen LogP contribution in [0, 0.1) is 25.2 Å². The van der Waals surface area contributed by atoms with Crippen molar-refractivity contribution in [3.8, 4) is 17.3 Å². The van der Waals surface area contributed by atoms with Crippen LogP contribution in [0.1, 0.15) is 35.7 Å². The molecule has 0 aromatic carbocycles. The smallest absolute Gasteiger partial charge is 0.306 e. The zero-order valence-corrected chi connectivity index (χ0v) is 15.5. The Balaban J connectivity index is 2.39. The Bertz CT molecular complexity index is 813. The van der Waals surface area contributed by atoms with Gasteiger partial charge in [0.15, 0.2) is 0 Å². The number of nitrogens with zero attached hydrogens (tertiary/aromatic N) is 3. The van der Waals surface area contributed by atoms with Gasteiger partial charge in [-0.3, -0.25) is 9.78 Å². The first-order valence-corrected chi connectivity index (χ1v) is 8.44. The van der Waals surface area contributed by atoms with E-state index < -0.39 is 0 Å². The molecule has 0 unspecified atom stereocenters. The molecule has 0 aliphatic heterocycles. The number of esters is 1. The van der Waals surface area contributed by atoms with E-state index in [0.717, 1.165) is 26.9 Å². The van der Waals surface area contributed by atoms with Crippen LogP contribution in [0.5, 0.6) is 0 Å². The van der Waals surface area contributed by atoms with Gasteiger partial charge in [-0.25, -0.2) is 4.98 Å². The fourth-order valence-corrected chi connectivity index (χ4v) is 2.74. The highest BCUT2D eigenvalue weighted by molar-refractivity contribution is 9.10. The Morgan fingerprint density at radius 3 is 2.71 bits per heavy atom. The average Bonchev–Trinajstić information content (AvgIpc) is 2.58. The highest BCUT2D eigenvalue weighted by Crippen LogP contribution is 2.29. The number of halogens is 1. The van der Waals surface area contributed by atoms with Gasteiger partial charge in [-0.15, -0.1) is 0 Å². The third kappa shape index (κ3) is 3.98. The summed E-state index contributed by atoms with van der Waals surface area (Å²) in [5, 5.41) is 9.35. The van der Waals surface area contributed by atoms with Crippen molar-refractivity contribution in [3.63, 3.8) is 0 Å². The van der Waals surface area contributed by atoms with Gasteiger partial charge in [0, 0.05) is 28.9 Å². The van der Waals surface area contributed by atoms with Crippen molar-refractivity contribution in [2.75, 3.05) is 6.61 Å². The Hall–Kier alpha value is -2.26. The topological polar surface area (TPSA) is 75.9 Å². The number of nitriles is 1. The van der Waals surface area contributed by atoms with Crippen molar-refractivity contribution in [2.45, 2.75) is 33.6 Å². The minimum absolute atomic E-state index is 0.239. The van der Waals surface area contributed by atoms with Gasteiger partial charge in [0.05, 0.1) is 12.3 Å². The number of ether oxygens (including phenoxy) is 1. The van der Waals surface area contributed by atoms with Crippen LogP contribution in [0.25, 0.3) is 11.3 Å². The fourth-order valence-electron chi connectivity index (χ4n) is 2.34. The van der Waals surface area contributed by atoms with Crippen molar-refractivity contribution >= 4 is 21.9 Å². The zero-order valence-electron chi connectivity index (χ0n) is 13.9. The maximum absolute atomic E-state index is 11.5. The summed E-state index contributed by atoms with van der Waals surface area (Å²) in [6, 6.07) is 4.00. The molecule has 124 valence electrons. The van der Waals surface area contributed by atoms with E-state index in [0.29, 0.717) is 24.3 Å². The molecular formula is C18H18BrN3O2. The van der Waals surface area contributed by atoms with Crippen LogP contribution in [0.4, 0.5) is 0 Å². The lowest BCUT2D eigenvalue weighted by molar-refractivity contribution is -0.143. The summed E-state index contributed by atoms with van der Waals surface area (Å²) >= 11 is 3.46. The number of rotatable bonds is 5. The summed E-state index contributed by atoms with van der Waals surface area (Å²) in [4.78, 5) is 20.2. The average molecular weight is 388 g/mol. The van der Waals surface area contributed by atoms with Gasteiger partial charge in [-0.1, -0.05) is 0 Å². The van der Waals surface area contributed by atoms with Crippen molar-refractivity contribution < 1.29 is 9.53 Å². The molecule has 0 fully saturated rings. The Labute approximate surface area is 149 Å². The van der Waals surface area contributed by atoms with Gasteiger partial charge in [0.25, 0.3) is 0 Å². The fraction of sp³-hybridized carbons (Fsp3) is 0.333. The van der Waals surface area contributed by atoms with Gasteiger partial charge >= 0.3 is 5.97 Å². The van der Waals surface area contributed by atoms with E-state index in [4.69, 9.17) is 4.74 Å². The standard InChI is InChI=1S/C18H18BrN3O2/c1-4-24-17(23)6-5-13-7-14(16(8-20)21-9-13)18-12(3)11(2)15(19)10-22-18/h7,9-10H,4-6H2,1-3H3. The van der Waals surface area contributed by atoms with Crippen LogP contribution >= 0.6 is 15.9 Å². The van der Waals surface area contributed by atoms with Crippen LogP contribution in [0.2, 0.25) is 0 Å². The number of carbonyl (C=O) groups excluding carboxylic acids is 1. The lowest BCUT2D eigenvalue weighted by Crippen LogP contribution is -2.06. The largest absolute Gasteiger partial charge is 0.466 e. The van der Waals surface area contributed by atoms with E-state index >= 15 is 0 Å². The molecule has 0 aliphatic carbocycles. The first-order chi connectivity index (χ1) is 11.5. The maximum atomic E-state index is 11.5. The number of aromatic nitrogens is 2. The minimum atomic E-state index is -0.239. The van der Waals surface area contributed by atoms with Crippen LogP contribution in [-0.2, 0) is 16.0 Å². The van der Waals surface area contributed by atoms with Gasteiger partial charge in [-0.2, -0.15) is 5.26 Å². The van der Waals surface area contributed by atoms with Crippen LogP contribution < -0.4 is 0 Å². The second-order valence-electron chi connectivity index (χ2n) is 5.36. The van der Waals surface area contributed by atoms with E-state index in [-0.39, 0.29) is 12.4 Å². The molecule has 6 heteroatoms. The number of hydrogen-bond acceptors (Lipinski definition) is 5. The molecule has 0 aliphatic rings. The van der Waals surface area contributed by atoms with Gasteiger partial charge < -0.3 is 4.74 Å². The van der Waals surface area contributed by atoms with E-state index in [1.807, 2.05) is 19.9 Å². The summed E-state index contributed by atoms with van der Waals surface area (Å²) in [5.41, 5.74) is 4.68. The van der Waals surface area contributed by atoms with Crippen molar-refractivity contribution in [1.29, 1.82) is 5.26 Å². The molecule has 0 amide bonds. The summed E-state index contributed by atoms with van der Waals surface area (Å²) in [6.07, 6.45) is 4.15. The summed E-state index contributed by atoms with van der Waals surface area (Å²) in [7, 11) is 0. The highest BCUT2D eigenvalue weighted by atomic mass is 79.9. The molecule has 0 saturated heterocycles. The lowest BCUT2D eigenvalue weighted by atomic mass is 9.99. The molecule has 5 nitrogen and oxygen atoms in total. The summed E-state index contributed by atoms with van der Waals surface area (Å²) in [5.74, 6) is -0.239. The molecule has 24 heavy (non-hydrogen) atoms. The summed E-state index contributed by atoms with van der Waals surface area (Å²) in [6.45, 7) is 6.12. The molecule has 0 saturated carbocycles. The molecule has 2 heterocycles. The Morgan fingerprint density at radius 1 is 1.29 bits per heavy atom. The molecule has 0 atom stereocenters. The first-order valence-electron chi connectivity index (χ1n) is 7.64. The molecule has 0 spiro atoms. The molecular weight excluding hydrogens is 370 g/mol.